The molecule has 1 N–H and O–H groups in total. The van der Waals surface area contributed by atoms with Crippen LogP contribution in [0, 0.1) is 5.92 Å². The lowest BCUT2D eigenvalue weighted by atomic mass is 9.81. The van der Waals surface area contributed by atoms with Crippen molar-refractivity contribution in [1.82, 2.24) is 5.32 Å². The summed E-state index contributed by atoms with van der Waals surface area (Å²) in [4.78, 5) is 14.3. The fourth-order valence-corrected chi connectivity index (χ4v) is 6.12. The Morgan fingerprint density at radius 3 is 2.19 bits per heavy atom. The van der Waals surface area contributed by atoms with E-state index in [-0.39, 0.29) is 5.92 Å². The molecule has 1 saturated carbocycles. The maximum atomic E-state index is 14.3. The maximum absolute atomic E-state index is 14.3. The summed E-state index contributed by atoms with van der Waals surface area (Å²) < 4.78 is 0.755. The number of hydrogen-bond acceptors (Lipinski definition) is 2. The Balaban J connectivity index is 1.69. The smallest absolute Gasteiger partial charge is 0.316 e. The zero-order valence-corrected chi connectivity index (χ0v) is 17.2. The summed E-state index contributed by atoms with van der Waals surface area (Å²) in [5.74, 6) is 1.09. The summed E-state index contributed by atoms with van der Waals surface area (Å²) in [5.41, 5.74) is 1.20. The zero-order chi connectivity index (χ0) is 18.7. The standard InChI is InChI=1S/C23H34ClN2O/c24-20-10-8-19(9-11-20)22(18-6-2-3-7-18)23(27)26(16-4-1-5-17-26)21-12-14-25-15-13-21/h8-11,18,21-22,25H,1-7,12-17H2/q+1. The summed E-state index contributed by atoms with van der Waals surface area (Å²) >= 11 is 6.16. The first-order valence-corrected chi connectivity index (χ1v) is 11.5. The third-order valence-corrected chi connectivity index (χ3v) is 7.68. The molecule has 2 heterocycles. The third-order valence-electron chi connectivity index (χ3n) is 7.43. The number of hydrogen-bond donors (Lipinski definition) is 1. The average Bonchev–Trinajstić information content (AvgIpc) is 3.25. The van der Waals surface area contributed by atoms with E-state index in [4.69, 9.17) is 11.6 Å². The minimum absolute atomic E-state index is 0.0535. The molecule has 3 fully saturated rings. The molecule has 1 amide bonds. The van der Waals surface area contributed by atoms with E-state index in [2.05, 4.69) is 17.4 Å². The number of amides is 1. The van der Waals surface area contributed by atoms with E-state index in [0.717, 1.165) is 48.5 Å². The van der Waals surface area contributed by atoms with Crippen LogP contribution in [0.15, 0.2) is 24.3 Å². The van der Waals surface area contributed by atoms with Crippen LogP contribution in [0.3, 0.4) is 0 Å². The molecule has 3 aliphatic rings. The number of carbonyl (C=O) groups excluding carboxylic acids is 1. The molecule has 1 atom stereocenters. The van der Waals surface area contributed by atoms with E-state index in [1.165, 1.54) is 50.5 Å². The summed E-state index contributed by atoms with van der Waals surface area (Å²) in [7, 11) is 0. The van der Waals surface area contributed by atoms with Gasteiger partial charge in [0.15, 0.2) is 0 Å². The van der Waals surface area contributed by atoms with Crippen molar-refractivity contribution in [2.45, 2.75) is 69.7 Å². The molecule has 27 heavy (non-hydrogen) atoms. The number of nitrogens with zero attached hydrogens (tertiary/aromatic N) is 1. The second kappa shape index (κ2) is 8.63. The van der Waals surface area contributed by atoms with Gasteiger partial charge in [-0.1, -0.05) is 36.6 Å². The fraction of sp³-hybridized carbons (Fsp3) is 0.696. The molecule has 148 valence electrons. The minimum atomic E-state index is 0.0535. The molecule has 3 nitrogen and oxygen atoms in total. The first kappa shape index (κ1) is 19.4. The van der Waals surface area contributed by atoms with Crippen LogP contribution in [0.2, 0.25) is 5.02 Å². The molecular formula is C23H34ClN2O+. The highest BCUT2D eigenvalue weighted by atomic mass is 35.5. The van der Waals surface area contributed by atoms with E-state index >= 15 is 0 Å². The monoisotopic (exact) mass is 389 g/mol. The first-order valence-electron chi connectivity index (χ1n) is 11.1. The van der Waals surface area contributed by atoms with Gasteiger partial charge in [-0.15, -0.1) is 0 Å². The molecule has 0 radical (unpaired) electrons. The summed E-state index contributed by atoms with van der Waals surface area (Å²) in [6.45, 7) is 4.24. The molecule has 1 aromatic rings. The Hall–Kier alpha value is -0.900. The molecule has 2 saturated heterocycles. The van der Waals surface area contributed by atoms with Crippen molar-refractivity contribution in [1.29, 1.82) is 0 Å². The van der Waals surface area contributed by atoms with Crippen molar-refractivity contribution in [3.63, 3.8) is 0 Å². The van der Waals surface area contributed by atoms with Crippen molar-refractivity contribution in [3.8, 4) is 0 Å². The Bertz CT molecular complexity index is 626. The van der Waals surface area contributed by atoms with E-state index < -0.39 is 0 Å². The van der Waals surface area contributed by atoms with Gasteiger partial charge < -0.3 is 5.32 Å². The lowest BCUT2D eigenvalue weighted by Gasteiger charge is -2.48. The Labute approximate surface area is 169 Å². The first-order chi connectivity index (χ1) is 13.2. The largest absolute Gasteiger partial charge is 0.321 e. The molecule has 0 spiro atoms. The van der Waals surface area contributed by atoms with Crippen LogP contribution in [0.4, 0.5) is 0 Å². The second-order valence-electron chi connectivity index (χ2n) is 8.94. The van der Waals surface area contributed by atoms with Gasteiger partial charge in [0.2, 0.25) is 0 Å². The minimum Gasteiger partial charge on any atom is -0.316 e. The lowest BCUT2D eigenvalue weighted by Crippen LogP contribution is -2.65. The predicted molar refractivity (Wildman–Crippen MR) is 111 cm³/mol. The highest BCUT2D eigenvalue weighted by molar-refractivity contribution is 6.30. The van der Waals surface area contributed by atoms with Crippen molar-refractivity contribution >= 4 is 17.5 Å². The van der Waals surface area contributed by atoms with Gasteiger partial charge in [0.25, 0.3) is 0 Å². The fourth-order valence-electron chi connectivity index (χ4n) is 6.00. The molecule has 1 aromatic carbocycles. The van der Waals surface area contributed by atoms with E-state index in [9.17, 15) is 4.79 Å². The number of quaternary nitrogens is 1. The van der Waals surface area contributed by atoms with E-state index in [0.29, 0.717) is 17.9 Å². The van der Waals surface area contributed by atoms with Gasteiger partial charge in [-0.2, -0.15) is 0 Å². The third kappa shape index (κ3) is 3.97. The number of halogens is 1. The second-order valence-corrected chi connectivity index (χ2v) is 9.37. The van der Waals surface area contributed by atoms with Gasteiger partial charge in [0, 0.05) is 31.0 Å². The molecule has 2 aliphatic heterocycles. The Morgan fingerprint density at radius 1 is 0.926 bits per heavy atom. The topological polar surface area (TPSA) is 29.1 Å². The van der Waals surface area contributed by atoms with Crippen LogP contribution in [0.1, 0.15) is 69.3 Å². The molecule has 4 rings (SSSR count). The maximum Gasteiger partial charge on any atom is 0.321 e. The molecule has 1 aliphatic carbocycles. The van der Waals surface area contributed by atoms with Crippen LogP contribution in [0.5, 0.6) is 0 Å². The molecule has 1 unspecified atom stereocenters. The highest BCUT2D eigenvalue weighted by Gasteiger charge is 2.50. The number of rotatable bonds is 4. The molecule has 0 aromatic heterocycles. The van der Waals surface area contributed by atoms with Gasteiger partial charge in [-0.05, 0) is 55.7 Å². The molecule has 0 bridgehead atoms. The predicted octanol–water partition coefficient (Wildman–Crippen LogP) is 4.89. The summed E-state index contributed by atoms with van der Waals surface area (Å²) in [5, 5.41) is 4.26. The van der Waals surface area contributed by atoms with Crippen LogP contribution in [0.25, 0.3) is 0 Å². The number of benzene rings is 1. The SMILES string of the molecule is O=C(C(c1ccc(Cl)cc1)C1CCCC1)[N+]1(C2CCNCC2)CCCCC1. The van der Waals surface area contributed by atoms with Gasteiger partial charge in [0.1, 0.15) is 5.92 Å². The van der Waals surface area contributed by atoms with Crippen molar-refractivity contribution in [3.05, 3.63) is 34.9 Å². The van der Waals surface area contributed by atoms with Gasteiger partial charge >= 0.3 is 5.91 Å². The van der Waals surface area contributed by atoms with Gasteiger partial charge in [0.05, 0.1) is 19.1 Å². The quantitative estimate of drug-likeness (QED) is 0.742. The number of nitrogens with one attached hydrogen (secondary N) is 1. The number of carbonyl (C=O) groups is 1. The van der Waals surface area contributed by atoms with Crippen LogP contribution in [-0.2, 0) is 4.79 Å². The van der Waals surface area contributed by atoms with Crippen molar-refractivity contribution in [2.75, 3.05) is 26.2 Å². The number of likely N-dealkylation sites (tertiary alicyclic amines) is 1. The summed E-state index contributed by atoms with van der Waals surface area (Å²) in [6.07, 6.45) is 10.9. The highest BCUT2D eigenvalue weighted by Crippen LogP contribution is 2.42. The van der Waals surface area contributed by atoms with Crippen molar-refractivity contribution in [2.24, 2.45) is 5.92 Å². The average molecular weight is 390 g/mol. The normalized spacial score (nSPS) is 25.4. The molecular weight excluding hydrogens is 356 g/mol. The zero-order valence-electron chi connectivity index (χ0n) is 16.5. The van der Waals surface area contributed by atoms with E-state index in [1.54, 1.807) is 0 Å². The lowest BCUT2D eigenvalue weighted by molar-refractivity contribution is -0.886. The summed E-state index contributed by atoms with van der Waals surface area (Å²) in [6, 6.07) is 8.68. The van der Waals surface area contributed by atoms with Gasteiger partial charge in [-0.3, -0.25) is 4.48 Å². The van der Waals surface area contributed by atoms with Crippen LogP contribution >= 0.6 is 11.6 Å². The molecule has 4 heteroatoms. The van der Waals surface area contributed by atoms with Gasteiger partial charge in [-0.25, -0.2) is 4.79 Å². The van der Waals surface area contributed by atoms with E-state index in [1.807, 2.05) is 12.1 Å². The Kier molecular flexibility index (Phi) is 6.21. The Morgan fingerprint density at radius 2 is 1.56 bits per heavy atom. The van der Waals surface area contributed by atoms with Crippen molar-refractivity contribution < 1.29 is 9.28 Å². The number of piperidine rings is 2. The van der Waals surface area contributed by atoms with Crippen LogP contribution < -0.4 is 5.32 Å². The van der Waals surface area contributed by atoms with Crippen LogP contribution in [-0.4, -0.2) is 42.6 Å².